The molecule has 1 saturated heterocycles. The number of halogens is 1. The lowest BCUT2D eigenvalue weighted by molar-refractivity contribution is -0.131. The van der Waals surface area contributed by atoms with Gasteiger partial charge in [0.15, 0.2) is 0 Å². The number of nitrogens with zero attached hydrogens (tertiary/aromatic N) is 3. The Bertz CT molecular complexity index is 1590. The van der Waals surface area contributed by atoms with Crippen molar-refractivity contribution in [3.8, 4) is 22.5 Å². The molecule has 180 valence electrons. The fraction of sp³-hybridized carbons (Fsp3) is 0.267. The van der Waals surface area contributed by atoms with E-state index in [0.717, 1.165) is 71.3 Å². The second-order valence-corrected chi connectivity index (χ2v) is 11.1. The molecule has 1 unspecified atom stereocenters. The summed E-state index contributed by atoms with van der Waals surface area (Å²) in [4.78, 5) is 23.0. The highest BCUT2D eigenvalue weighted by molar-refractivity contribution is 9.10. The van der Waals surface area contributed by atoms with Crippen molar-refractivity contribution in [2.24, 2.45) is 11.8 Å². The van der Waals surface area contributed by atoms with Crippen molar-refractivity contribution in [2.75, 3.05) is 13.1 Å². The van der Waals surface area contributed by atoms with E-state index < -0.39 is 0 Å². The summed E-state index contributed by atoms with van der Waals surface area (Å²) in [6.07, 6.45) is 5.16. The summed E-state index contributed by atoms with van der Waals surface area (Å²) in [6.45, 7) is 2.59. The van der Waals surface area contributed by atoms with E-state index in [1.165, 1.54) is 16.5 Å². The highest BCUT2D eigenvalue weighted by atomic mass is 79.9. The van der Waals surface area contributed by atoms with Crippen LogP contribution in [0.2, 0.25) is 0 Å². The lowest BCUT2D eigenvalue weighted by Crippen LogP contribution is -2.30. The summed E-state index contributed by atoms with van der Waals surface area (Å²) >= 11 is 3.71. The number of aromatic amines is 1. The summed E-state index contributed by atoms with van der Waals surface area (Å²) in [5, 5.41) is 1.22. The van der Waals surface area contributed by atoms with E-state index in [1.807, 2.05) is 6.20 Å². The van der Waals surface area contributed by atoms with Gasteiger partial charge in [0.1, 0.15) is 11.3 Å². The molecule has 7 rings (SSSR count). The van der Waals surface area contributed by atoms with Crippen LogP contribution in [0, 0.1) is 11.8 Å². The number of likely N-dealkylation sites (tertiary alicyclic amines) is 1. The Balaban J connectivity index is 1.22. The fourth-order valence-corrected chi connectivity index (χ4v) is 6.04. The van der Waals surface area contributed by atoms with Gasteiger partial charge in [-0.1, -0.05) is 36.4 Å². The topological polar surface area (TPSA) is 53.9 Å². The number of hydrogen-bond donors (Lipinski definition) is 1. The number of imidazole rings is 1. The monoisotopic (exact) mass is 538 g/mol. The van der Waals surface area contributed by atoms with Gasteiger partial charge in [-0.05, 0) is 88.0 Å². The Hall–Kier alpha value is -3.38. The maximum absolute atomic E-state index is 12.6. The molecule has 3 aromatic carbocycles. The third kappa shape index (κ3) is 3.84. The number of fused-ring (bicyclic) bond motifs is 2. The van der Waals surface area contributed by atoms with Gasteiger partial charge >= 0.3 is 0 Å². The molecule has 1 aliphatic heterocycles. The van der Waals surface area contributed by atoms with Crippen LogP contribution in [-0.4, -0.2) is 38.4 Å². The zero-order valence-corrected chi connectivity index (χ0v) is 21.5. The molecule has 0 radical (unpaired) electrons. The van der Waals surface area contributed by atoms with Crippen molar-refractivity contribution in [2.45, 2.75) is 25.8 Å². The van der Waals surface area contributed by atoms with E-state index in [2.05, 4.69) is 97.1 Å². The van der Waals surface area contributed by atoms with Crippen LogP contribution in [0.4, 0.5) is 0 Å². The zero-order chi connectivity index (χ0) is 24.2. The number of rotatable bonds is 5. The first kappa shape index (κ1) is 21.9. The lowest BCUT2D eigenvalue weighted by Gasteiger charge is -2.18. The van der Waals surface area contributed by atoms with Gasteiger partial charge in [0, 0.05) is 47.3 Å². The molecule has 2 aromatic heterocycles. The molecule has 0 spiro atoms. The first-order valence-electron chi connectivity index (χ1n) is 12.8. The molecule has 2 fully saturated rings. The summed E-state index contributed by atoms with van der Waals surface area (Å²) in [5.41, 5.74) is 6.77. The highest BCUT2D eigenvalue weighted by Crippen LogP contribution is 2.35. The molecular formula is C30H27BrN4O. The van der Waals surface area contributed by atoms with Crippen molar-refractivity contribution >= 4 is 43.8 Å². The predicted molar refractivity (Wildman–Crippen MR) is 148 cm³/mol. The maximum Gasteiger partial charge on any atom is 0.225 e. The summed E-state index contributed by atoms with van der Waals surface area (Å²) in [7, 11) is 0. The van der Waals surface area contributed by atoms with E-state index in [-0.39, 0.29) is 0 Å². The molecule has 0 bridgehead atoms. The fourth-order valence-electron chi connectivity index (χ4n) is 5.59. The minimum Gasteiger partial charge on any atom is -0.361 e. The second-order valence-electron chi connectivity index (χ2n) is 10.2. The molecule has 1 N–H and O–H groups in total. The molecule has 6 heteroatoms. The number of hydrogen-bond acceptors (Lipinski definition) is 2. The molecular weight excluding hydrogens is 512 g/mol. The third-order valence-corrected chi connectivity index (χ3v) is 8.36. The van der Waals surface area contributed by atoms with E-state index in [9.17, 15) is 4.79 Å². The van der Waals surface area contributed by atoms with Crippen LogP contribution in [0.15, 0.2) is 77.4 Å². The van der Waals surface area contributed by atoms with Crippen molar-refractivity contribution < 1.29 is 4.79 Å². The highest BCUT2D eigenvalue weighted by Gasteiger charge is 2.36. The van der Waals surface area contributed by atoms with Gasteiger partial charge in [0.25, 0.3) is 0 Å². The number of H-pyrrole nitrogens is 1. The van der Waals surface area contributed by atoms with Crippen molar-refractivity contribution in [3.05, 3.63) is 77.4 Å². The number of carbonyl (C=O) groups is 1. The van der Waals surface area contributed by atoms with E-state index in [4.69, 9.17) is 4.98 Å². The number of amides is 1. The lowest BCUT2D eigenvalue weighted by atomic mass is 10.0. The number of aromatic nitrogens is 3. The van der Waals surface area contributed by atoms with Gasteiger partial charge in [-0.2, -0.15) is 0 Å². The molecule has 5 aromatic rings. The molecule has 1 atom stereocenters. The standard InChI is InChI=1S/C30H27BrN4O/c31-25-2-1-3-27-28(25)33-29(35(27)18-19-13-15-34(17-19)30(36)22-8-9-22)21-6-4-20(5-7-21)23-10-11-26-24(16-23)12-14-32-26/h1-7,10-12,14,16,19,22,32H,8-9,13,15,17-18H2. The summed E-state index contributed by atoms with van der Waals surface area (Å²) in [5.74, 6) is 2.08. The number of para-hydroxylation sites is 1. The average Bonchev–Trinajstić information content (AvgIpc) is 3.30. The molecule has 5 nitrogen and oxygen atoms in total. The van der Waals surface area contributed by atoms with Gasteiger partial charge in [-0.15, -0.1) is 0 Å². The van der Waals surface area contributed by atoms with Crippen LogP contribution in [0.5, 0.6) is 0 Å². The van der Waals surface area contributed by atoms with E-state index in [0.29, 0.717) is 17.7 Å². The number of benzene rings is 3. The maximum atomic E-state index is 12.6. The van der Waals surface area contributed by atoms with Crippen LogP contribution < -0.4 is 0 Å². The third-order valence-electron chi connectivity index (χ3n) is 7.72. The Morgan fingerprint density at radius 1 is 0.972 bits per heavy atom. The Morgan fingerprint density at radius 3 is 2.61 bits per heavy atom. The summed E-state index contributed by atoms with van der Waals surface area (Å²) in [6, 6.07) is 23.6. The Kier molecular flexibility index (Phi) is 5.24. The molecule has 1 saturated carbocycles. The van der Waals surface area contributed by atoms with Gasteiger partial charge in [-0.25, -0.2) is 4.98 Å². The Morgan fingerprint density at radius 2 is 1.78 bits per heavy atom. The van der Waals surface area contributed by atoms with Crippen LogP contribution in [0.1, 0.15) is 19.3 Å². The van der Waals surface area contributed by atoms with Crippen LogP contribution in [-0.2, 0) is 11.3 Å². The minimum atomic E-state index is 0.292. The van der Waals surface area contributed by atoms with Crippen molar-refractivity contribution in [1.29, 1.82) is 0 Å². The quantitative estimate of drug-likeness (QED) is 0.265. The molecule has 3 heterocycles. The normalized spacial score (nSPS) is 17.9. The molecule has 2 aliphatic rings. The SMILES string of the molecule is O=C(C1CC1)N1CCC(Cn2c(-c3ccc(-c4ccc5[nH]ccc5c4)cc3)nc3c(Br)cccc32)C1. The smallest absolute Gasteiger partial charge is 0.225 e. The number of nitrogens with one attached hydrogen (secondary N) is 1. The van der Waals surface area contributed by atoms with Crippen LogP contribution in [0.25, 0.3) is 44.5 Å². The van der Waals surface area contributed by atoms with Crippen molar-refractivity contribution in [1.82, 2.24) is 19.4 Å². The largest absolute Gasteiger partial charge is 0.361 e. The van der Waals surface area contributed by atoms with E-state index >= 15 is 0 Å². The van der Waals surface area contributed by atoms with Gasteiger partial charge in [0.05, 0.1) is 5.52 Å². The van der Waals surface area contributed by atoms with Crippen LogP contribution in [0.3, 0.4) is 0 Å². The Labute approximate surface area is 218 Å². The number of carbonyl (C=O) groups excluding carboxylic acids is 1. The molecule has 36 heavy (non-hydrogen) atoms. The second kappa shape index (κ2) is 8.63. The zero-order valence-electron chi connectivity index (χ0n) is 20.0. The molecule has 1 aliphatic carbocycles. The van der Waals surface area contributed by atoms with Gasteiger partial charge in [0.2, 0.25) is 5.91 Å². The first-order chi connectivity index (χ1) is 17.6. The van der Waals surface area contributed by atoms with Crippen LogP contribution >= 0.6 is 15.9 Å². The van der Waals surface area contributed by atoms with Gasteiger partial charge in [-0.3, -0.25) is 4.79 Å². The van der Waals surface area contributed by atoms with Gasteiger partial charge < -0.3 is 14.5 Å². The minimum absolute atomic E-state index is 0.292. The molecule has 1 amide bonds. The van der Waals surface area contributed by atoms with Crippen molar-refractivity contribution in [3.63, 3.8) is 0 Å². The average molecular weight is 539 g/mol. The summed E-state index contributed by atoms with van der Waals surface area (Å²) < 4.78 is 3.37. The first-order valence-corrected chi connectivity index (χ1v) is 13.5. The van der Waals surface area contributed by atoms with E-state index in [1.54, 1.807) is 0 Å². The predicted octanol–water partition coefficient (Wildman–Crippen LogP) is 6.87.